The van der Waals surface area contributed by atoms with Crippen molar-refractivity contribution in [3.05, 3.63) is 0 Å². The Morgan fingerprint density at radius 2 is 1.90 bits per heavy atom. The Morgan fingerprint density at radius 3 is 2.52 bits per heavy atom. The molecule has 0 bridgehead atoms. The normalized spacial score (nSPS) is 26.6. The lowest BCUT2D eigenvalue weighted by atomic mass is 9.84. The molecule has 1 heterocycles. The van der Waals surface area contributed by atoms with Crippen LogP contribution in [0.3, 0.4) is 0 Å². The highest BCUT2D eigenvalue weighted by Crippen LogP contribution is 2.40. The van der Waals surface area contributed by atoms with Crippen molar-refractivity contribution in [2.24, 2.45) is 5.41 Å². The van der Waals surface area contributed by atoms with E-state index in [2.05, 4.69) is 31.0 Å². The Labute approximate surface area is 131 Å². The number of hydrogen-bond donors (Lipinski definition) is 2. The molecule has 1 aliphatic heterocycles. The smallest absolute Gasteiger partial charge is 0.0431 e. The SMILES string of the molecule is CC(C)(C)NCC1(CN2CCCC2CCCO)CCCC1. The molecule has 1 unspecified atom stereocenters. The molecule has 1 atom stereocenters. The maximum absolute atomic E-state index is 9.09. The average molecular weight is 296 g/mol. The fourth-order valence-corrected chi connectivity index (χ4v) is 4.16. The summed E-state index contributed by atoms with van der Waals surface area (Å²) in [5, 5.41) is 12.9. The van der Waals surface area contributed by atoms with Crippen LogP contribution in [-0.2, 0) is 0 Å². The summed E-state index contributed by atoms with van der Waals surface area (Å²) >= 11 is 0. The van der Waals surface area contributed by atoms with E-state index < -0.39 is 0 Å². The zero-order valence-electron chi connectivity index (χ0n) is 14.5. The van der Waals surface area contributed by atoms with Crippen molar-refractivity contribution < 1.29 is 5.11 Å². The fourth-order valence-electron chi connectivity index (χ4n) is 4.16. The number of nitrogens with one attached hydrogen (secondary N) is 1. The largest absolute Gasteiger partial charge is 0.396 e. The highest BCUT2D eigenvalue weighted by Gasteiger charge is 2.38. The first-order valence-electron chi connectivity index (χ1n) is 9.04. The fraction of sp³-hybridized carbons (Fsp3) is 1.00. The van der Waals surface area contributed by atoms with Gasteiger partial charge in [-0.2, -0.15) is 0 Å². The summed E-state index contributed by atoms with van der Waals surface area (Å²) in [6.45, 7) is 10.9. The van der Waals surface area contributed by atoms with Crippen LogP contribution in [0.5, 0.6) is 0 Å². The Hall–Kier alpha value is -0.120. The number of hydrogen-bond acceptors (Lipinski definition) is 3. The van der Waals surface area contributed by atoms with Crippen LogP contribution >= 0.6 is 0 Å². The van der Waals surface area contributed by atoms with Crippen molar-refractivity contribution in [2.45, 2.75) is 83.7 Å². The van der Waals surface area contributed by atoms with Gasteiger partial charge in [0.2, 0.25) is 0 Å². The molecule has 0 spiro atoms. The molecule has 0 aromatic heterocycles. The maximum atomic E-state index is 9.09. The van der Waals surface area contributed by atoms with E-state index in [4.69, 9.17) is 5.11 Å². The van der Waals surface area contributed by atoms with Crippen molar-refractivity contribution in [3.63, 3.8) is 0 Å². The van der Waals surface area contributed by atoms with Gasteiger partial charge in [-0.25, -0.2) is 0 Å². The van der Waals surface area contributed by atoms with E-state index in [0.29, 0.717) is 12.0 Å². The molecule has 0 aromatic carbocycles. The van der Waals surface area contributed by atoms with E-state index in [1.54, 1.807) is 0 Å². The van der Waals surface area contributed by atoms with Gasteiger partial charge in [-0.3, -0.25) is 4.90 Å². The minimum Gasteiger partial charge on any atom is -0.396 e. The van der Waals surface area contributed by atoms with Crippen molar-refractivity contribution >= 4 is 0 Å². The van der Waals surface area contributed by atoms with Crippen LogP contribution in [0.4, 0.5) is 0 Å². The monoisotopic (exact) mass is 296 g/mol. The summed E-state index contributed by atoms with van der Waals surface area (Å²) in [5.41, 5.74) is 0.714. The first-order valence-corrected chi connectivity index (χ1v) is 9.04. The minimum atomic E-state index is 0.219. The van der Waals surface area contributed by atoms with Crippen LogP contribution in [-0.4, -0.2) is 47.8 Å². The molecule has 0 aromatic rings. The first-order chi connectivity index (χ1) is 9.94. The lowest BCUT2D eigenvalue weighted by molar-refractivity contribution is 0.122. The van der Waals surface area contributed by atoms with Gasteiger partial charge in [0.05, 0.1) is 0 Å². The predicted molar refractivity (Wildman–Crippen MR) is 89.6 cm³/mol. The van der Waals surface area contributed by atoms with Crippen LogP contribution < -0.4 is 5.32 Å². The summed E-state index contributed by atoms with van der Waals surface area (Å²) < 4.78 is 0. The Balaban J connectivity index is 1.92. The second kappa shape index (κ2) is 7.43. The zero-order chi connectivity index (χ0) is 15.3. The molecule has 2 fully saturated rings. The van der Waals surface area contributed by atoms with Crippen LogP contribution in [0.1, 0.15) is 72.1 Å². The first kappa shape index (κ1) is 17.2. The highest BCUT2D eigenvalue weighted by molar-refractivity contribution is 4.94. The number of likely N-dealkylation sites (tertiary alicyclic amines) is 1. The second-order valence-electron chi connectivity index (χ2n) is 8.44. The molecule has 2 aliphatic rings. The van der Waals surface area contributed by atoms with Gasteiger partial charge >= 0.3 is 0 Å². The number of aliphatic hydroxyl groups is 1. The molecule has 3 nitrogen and oxygen atoms in total. The van der Waals surface area contributed by atoms with Gasteiger partial charge in [-0.1, -0.05) is 12.8 Å². The van der Waals surface area contributed by atoms with E-state index in [1.807, 2.05) is 0 Å². The number of rotatable bonds is 7. The van der Waals surface area contributed by atoms with Gasteiger partial charge < -0.3 is 10.4 Å². The van der Waals surface area contributed by atoms with E-state index in [-0.39, 0.29) is 5.54 Å². The topological polar surface area (TPSA) is 35.5 Å². The molecular weight excluding hydrogens is 260 g/mol. The van der Waals surface area contributed by atoms with Gasteiger partial charge in [0.1, 0.15) is 0 Å². The summed E-state index contributed by atoms with van der Waals surface area (Å²) in [7, 11) is 0. The molecule has 1 aliphatic carbocycles. The van der Waals surface area contributed by atoms with Crippen LogP contribution in [0, 0.1) is 5.41 Å². The van der Waals surface area contributed by atoms with E-state index >= 15 is 0 Å². The second-order valence-corrected chi connectivity index (χ2v) is 8.44. The van der Waals surface area contributed by atoms with Gasteiger partial charge in [0.25, 0.3) is 0 Å². The lowest BCUT2D eigenvalue weighted by Gasteiger charge is -2.38. The van der Waals surface area contributed by atoms with Crippen LogP contribution in [0.15, 0.2) is 0 Å². The summed E-state index contributed by atoms with van der Waals surface area (Å²) in [6, 6.07) is 0.726. The van der Waals surface area contributed by atoms with E-state index in [1.165, 1.54) is 64.6 Å². The van der Waals surface area contributed by atoms with Gasteiger partial charge in [0, 0.05) is 31.3 Å². The zero-order valence-corrected chi connectivity index (χ0v) is 14.5. The van der Waals surface area contributed by atoms with Gasteiger partial charge in [0.15, 0.2) is 0 Å². The quantitative estimate of drug-likeness (QED) is 0.757. The Morgan fingerprint density at radius 1 is 1.19 bits per heavy atom. The van der Waals surface area contributed by atoms with E-state index in [9.17, 15) is 0 Å². The molecule has 2 rings (SSSR count). The molecule has 3 heteroatoms. The predicted octanol–water partition coefficient (Wildman–Crippen LogP) is 3.17. The Bertz CT molecular complexity index is 305. The average Bonchev–Trinajstić information content (AvgIpc) is 3.04. The van der Waals surface area contributed by atoms with Gasteiger partial charge in [-0.05, 0) is 71.3 Å². The summed E-state index contributed by atoms with van der Waals surface area (Å²) in [6.07, 6.45) is 10.4. The lowest BCUT2D eigenvalue weighted by Crippen LogP contribution is -2.48. The molecule has 21 heavy (non-hydrogen) atoms. The van der Waals surface area contributed by atoms with Crippen molar-refractivity contribution in [1.29, 1.82) is 0 Å². The molecule has 2 N–H and O–H groups in total. The molecule has 124 valence electrons. The van der Waals surface area contributed by atoms with E-state index in [0.717, 1.165) is 12.5 Å². The van der Waals surface area contributed by atoms with Crippen molar-refractivity contribution in [2.75, 3.05) is 26.2 Å². The van der Waals surface area contributed by atoms with Crippen molar-refractivity contribution in [1.82, 2.24) is 10.2 Å². The minimum absolute atomic E-state index is 0.219. The molecule has 1 saturated carbocycles. The number of aliphatic hydroxyl groups excluding tert-OH is 1. The van der Waals surface area contributed by atoms with Gasteiger partial charge in [-0.15, -0.1) is 0 Å². The molecule has 1 saturated heterocycles. The third-order valence-corrected chi connectivity index (χ3v) is 5.39. The van der Waals surface area contributed by atoms with Crippen LogP contribution in [0.25, 0.3) is 0 Å². The maximum Gasteiger partial charge on any atom is 0.0431 e. The highest BCUT2D eigenvalue weighted by atomic mass is 16.2. The summed E-state index contributed by atoms with van der Waals surface area (Å²) in [4.78, 5) is 2.74. The van der Waals surface area contributed by atoms with Crippen LogP contribution in [0.2, 0.25) is 0 Å². The Kier molecular flexibility index (Phi) is 6.10. The van der Waals surface area contributed by atoms with Crippen molar-refractivity contribution in [3.8, 4) is 0 Å². The molecule has 0 radical (unpaired) electrons. The molecule has 0 amide bonds. The third-order valence-electron chi connectivity index (χ3n) is 5.39. The third kappa shape index (κ3) is 5.22. The number of nitrogens with zero attached hydrogens (tertiary/aromatic N) is 1. The standard InChI is InChI=1S/C18H36N2O/c1-17(2,3)19-14-18(10-4-5-11-18)15-20-12-6-8-16(20)9-7-13-21/h16,19,21H,4-15H2,1-3H3. The molecular formula is C18H36N2O. The summed E-state index contributed by atoms with van der Waals surface area (Å²) in [5.74, 6) is 0.